The SMILES string of the molecule is COc1ncc(-c2nc3c(N[C@H]4CCN(C(=O)OC(C)(C)C)C4)ncnc3n2C)cc1C. The molecule has 1 aliphatic heterocycles. The van der Waals surface area contributed by atoms with Crippen molar-refractivity contribution in [3.05, 3.63) is 24.2 Å². The highest BCUT2D eigenvalue weighted by molar-refractivity contribution is 5.86. The molecule has 4 heterocycles. The minimum atomic E-state index is -0.513. The van der Waals surface area contributed by atoms with Crippen molar-refractivity contribution in [2.75, 3.05) is 25.5 Å². The number of amides is 1. The molecule has 1 atom stereocenters. The maximum absolute atomic E-state index is 12.4. The fourth-order valence-corrected chi connectivity index (χ4v) is 3.82. The molecule has 1 saturated heterocycles. The molecule has 4 rings (SSSR count). The molecular weight excluding hydrogens is 410 g/mol. The van der Waals surface area contributed by atoms with Crippen molar-refractivity contribution in [2.45, 2.75) is 45.8 Å². The summed E-state index contributed by atoms with van der Waals surface area (Å²) in [6.45, 7) is 8.72. The number of rotatable bonds is 4. The number of hydrogen-bond donors (Lipinski definition) is 1. The molecule has 10 nitrogen and oxygen atoms in total. The molecule has 0 bridgehead atoms. The molecule has 0 aromatic carbocycles. The van der Waals surface area contributed by atoms with Gasteiger partial charge < -0.3 is 24.3 Å². The fourth-order valence-electron chi connectivity index (χ4n) is 3.82. The summed E-state index contributed by atoms with van der Waals surface area (Å²) >= 11 is 0. The lowest BCUT2D eigenvalue weighted by Crippen LogP contribution is -2.36. The Labute approximate surface area is 187 Å². The van der Waals surface area contributed by atoms with E-state index in [1.54, 1.807) is 18.2 Å². The van der Waals surface area contributed by atoms with Crippen molar-refractivity contribution < 1.29 is 14.3 Å². The average molecular weight is 440 g/mol. The number of imidazole rings is 1. The Morgan fingerprint density at radius 2 is 2.03 bits per heavy atom. The third kappa shape index (κ3) is 4.30. The summed E-state index contributed by atoms with van der Waals surface area (Å²) in [5, 5.41) is 3.44. The number of anilines is 1. The first-order valence-corrected chi connectivity index (χ1v) is 10.6. The van der Waals surface area contributed by atoms with E-state index in [2.05, 4.69) is 20.3 Å². The zero-order chi connectivity index (χ0) is 23.0. The number of methoxy groups -OCH3 is 1. The third-order valence-electron chi connectivity index (χ3n) is 5.32. The lowest BCUT2D eigenvalue weighted by atomic mass is 10.2. The van der Waals surface area contributed by atoms with Gasteiger partial charge in [-0.15, -0.1) is 0 Å². The van der Waals surface area contributed by atoms with Crippen LogP contribution >= 0.6 is 0 Å². The number of nitrogens with one attached hydrogen (secondary N) is 1. The minimum Gasteiger partial charge on any atom is -0.481 e. The number of ether oxygens (including phenoxy) is 2. The van der Waals surface area contributed by atoms with Crippen LogP contribution in [0.4, 0.5) is 10.6 Å². The van der Waals surface area contributed by atoms with Crippen LogP contribution in [0.5, 0.6) is 5.88 Å². The molecule has 170 valence electrons. The molecular formula is C22H29N7O3. The van der Waals surface area contributed by atoms with Gasteiger partial charge in [-0.2, -0.15) is 0 Å². The van der Waals surface area contributed by atoms with E-state index >= 15 is 0 Å². The van der Waals surface area contributed by atoms with Gasteiger partial charge in [0.05, 0.1) is 7.11 Å². The van der Waals surface area contributed by atoms with Gasteiger partial charge in [-0.25, -0.2) is 24.7 Å². The molecule has 0 saturated carbocycles. The lowest BCUT2D eigenvalue weighted by Gasteiger charge is -2.24. The third-order valence-corrected chi connectivity index (χ3v) is 5.32. The number of fused-ring (bicyclic) bond motifs is 1. The van der Waals surface area contributed by atoms with Gasteiger partial charge in [-0.3, -0.25) is 0 Å². The van der Waals surface area contributed by atoms with Crippen LogP contribution in [0.15, 0.2) is 18.6 Å². The second-order valence-corrected chi connectivity index (χ2v) is 9.00. The van der Waals surface area contributed by atoms with Crippen molar-refractivity contribution in [1.82, 2.24) is 29.4 Å². The van der Waals surface area contributed by atoms with Gasteiger partial charge in [0, 0.05) is 43.5 Å². The van der Waals surface area contributed by atoms with Crippen molar-refractivity contribution >= 4 is 23.1 Å². The molecule has 0 aliphatic carbocycles. The summed E-state index contributed by atoms with van der Waals surface area (Å²) in [6, 6.07) is 2.04. The number of likely N-dealkylation sites (tertiary alicyclic amines) is 1. The van der Waals surface area contributed by atoms with Gasteiger partial charge in [-0.05, 0) is 40.2 Å². The Hall–Kier alpha value is -3.43. The molecule has 3 aromatic heterocycles. The van der Waals surface area contributed by atoms with Crippen LogP contribution in [0.2, 0.25) is 0 Å². The Balaban J connectivity index is 1.57. The van der Waals surface area contributed by atoms with Gasteiger partial charge >= 0.3 is 6.09 Å². The Bertz CT molecular complexity index is 1150. The van der Waals surface area contributed by atoms with Crippen LogP contribution in [0.3, 0.4) is 0 Å². The van der Waals surface area contributed by atoms with Gasteiger partial charge in [0.2, 0.25) is 5.88 Å². The molecule has 32 heavy (non-hydrogen) atoms. The van der Waals surface area contributed by atoms with Crippen molar-refractivity contribution in [2.24, 2.45) is 7.05 Å². The van der Waals surface area contributed by atoms with Gasteiger partial charge in [0.1, 0.15) is 17.8 Å². The molecule has 0 spiro atoms. The zero-order valence-corrected chi connectivity index (χ0v) is 19.3. The van der Waals surface area contributed by atoms with Crippen molar-refractivity contribution in [1.29, 1.82) is 0 Å². The number of hydrogen-bond acceptors (Lipinski definition) is 8. The van der Waals surface area contributed by atoms with Crippen LogP contribution in [0.25, 0.3) is 22.6 Å². The van der Waals surface area contributed by atoms with Crippen molar-refractivity contribution in [3.8, 4) is 17.3 Å². The summed E-state index contributed by atoms with van der Waals surface area (Å²) in [7, 11) is 3.52. The Kier molecular flexibility index (Phi) is 5.62. The number of carbonyl (C=O) groups is 1. The van der Waals surface area contributed by atoms with E-state index in [1.165, 1.54) is 6.33 Å². The Morgan fingerprint density at radius 3 is 2.72 bits per heavy atom. The molecule has 1 amide bonds. The Morgan fingerprint density at radius 1 is 1.25 bits per heavy atom. The predicted octanol–water partition coefficient (Wildman–Crippen LogP) is 3.16. The summed E-state index contributed by atoms with van der Waals surface area (Å²) < 4.78 is 12.7. The number of pyridine rings is 1. The monoisotopic (exact) mass is 439 g/mol. The highest BCUT2D eigenvalue weighted by atomic mass is 16.6. The van der Waals surface area contributed by atoms with E-state index in [9.17, 15) is 4.79 Å². The normalized spacial score (nSPS) is 16.4. The van der Waals surface area contributed by atoms with E-state index in [1.807, 2.05) is 45.4 Å². The van der Waals surface area contributed by atoms with Gasteiger partial charge in [0.15, 0.2) is 17.0 Å². The molecule has 10 heteroatoms. The van der Waals surface area contributed by atoms with E-state index in [-0.39, 0.29) is 12.1 Å². The van der Waals surface area contributed by atoms with E-state index < -0.39 is 5.60 Å². The van der Waals surface area contributed by atoms with E-state index in [0.717, 1.165) is 23.4 Å². The van der Waals surface area contributed by atoms with Crippen LogP contribution < -0.4 is 10.1 Å². The standard InChI is InChI=1S/C22H29N7O3/c1-13-9-14(10-23-20(13)31-6)18-27-16-17(24-12-25-19(16)28(18)5)26-15-7-8-29(11-15)21(30)32-22(2,3)4/h9-10,12,15H,7-8,11H2,1-6H3,(H,24,25,26)/t15-/m0/s1. The number of aryl methyl sites for hydroxylation is 2. The molecule has 1 N–H and O–H groups in total. The summed E-state index contributed by atoms with van der Waals surface area (Å²) in [4.78, 5) is 32.1. The van der Waals surface area contributed by atoms with E-state index in [4.69, 9.17) is 14.5 Å². The molecule has 1 aliphatic rings. The lowest BCUT2D eigenvalue weighted by molar-refractivity contribution is 0.0293. The fraction of sp³-hybridized carbons (Fsp3) is 0.500. The first kappa shape index (κ1) is 21.8. The summed E-state index contributed by atoms with van der Waals surface area (Å²) in [5.41, 5.74) is 2.67. The van der Waals surface area contributed by atoms with Crippen LogP contribution in [-0.4, -0.2) is 67.3 Å². The largest absolute Gasteiger partial charge is 0.481 e. The molecule has 0 radical (unpaired) electrons. The quantitative estimate of drug-likeness (QED) is 0.661. The predicted molar refractivity (Wildman–Crippen MR) is 121 cm³/mol. The first-order valence-electron chi connectivity index (χ1n) is 10.6. The smallest absolute Gasteiger partial charge is 0.410 e. The summed E-state index contributed by atoms with van der Waals surface area (Å²) in [6.07, 6.45) is 3.76. The van der Waals surface area contributed by atoms with E-state index in [0.29, 0.717) is 36.0 Å². The first-order chi connectivity index (χ1) is 15.2. The zero-order valence-electron chi connectivity index (χ0n) is 19.3. The minimum absolute atomic E-state index is 0.0518. The number of carbonyl (C=O) groups excluding carboxylic acids is 1. The molecule has 0 unspecified atom stereocenters. The average Bonchev–Trinajstić information content (AvgIpc) is 3.32. The number of nitrogens with zero attached hydrogens (tertiary/aromatic N) is 6. The topological polar surface area (TPSA) is 107 Å². The van der Waals surface area contributed by atoms with Crippen LogP contribution in [0.1, 0.15) is 32.8 Å². The van der Waals surface area contributed by atoms with Crippen LogP contribution in [0, 0.1) is 6.92 Å². The molecule has 1 fully saturated rings. The van der Waals surface area contributed by atoms with Crippen LogP contribution in [-0.2, 0) is 11.8 Å². The van der Waals surface area contributed by atoms with Gasteiger partial charge in [0.25, 0.3) is 0 Å². The second kappa shape index (κ2) is 8.25. The summed E-state index contributed by atoms with van der Waals surface area (Å²) in [5.74, 6) is 1.97. The van der Waals surface area contributed by atoms with Gasteiger partial charge in [-0.1, -0.05) is 0 Å². The number of aromatic nitrogens is 5. The second-order valence-electron chi connectivity index (χ2n) is 9.00. The highest BCUT2D eigenvalue weighted by Crippen LogP contribution is 2.28. The van der Waals surface area contributed by atoms with Crippen molar-refractivity contribution in [3.63, 3.8) is 0 Å². The maximum atomic E-state index is 12.4. The molecule has 3 aromatic rings. The highest BCUT2D eigenvalue weighted by Gasteiger charge is 2.30. The maximum Gasteiger partial charge on any atom is 0.410 e.